The van der Waals surface area contributed by atoms with Crippen molar-refractivity contribution in [2.24, 2.45) is 0 Å². The van der Waals surface area contributed by atoms with Gasteiger partial charge in [-0.3, -0.25) is 0 Å². The second-order valence-electron chi connectivity index (χ2n) is 5.56. The van der Waals surface area contributed by atoms with Gasteiger partial charge in [0.25, 0.3) is 0 Å². The van der Waals surface area contributed by atoms with Crippen LogP contribution in [0.15, 0.2) is 83.7 Å². The lowest BCUT2D eigenvalue weighted by Crippen LogP contribution is -2.12. The third-order valence-corrected chi connectivity index (χ3v) is 8.91. The van der Waals surface area contributed by atoms with Crippen LogP contribution in [0, 0.1) is 0 Å². The summed E-state index contributed by atoms with van der Waals surface area (Å²) in [7, 11) is 0. The van der Waals surface area contributed by atoms with Crippen molar-refractivity contribution in [2.75, 3.05) is 0 Å². The molecule has 0 nitrogen and oxygen atoms in total. The molecule has 1 heterocycles. The van der Waals surface area contributed by atoms with Crippen molar-refractivity contribution >= 4 is 23.1 Å². The van der Waals surface area contributed by atoms with Gasteiger partial charge in [-0.2, -0.15) is 0 Å². The van der Waals surface area contributed by atoms with Crippen LogP contribution in [0.25, 0.3) is 0 Å². The minimum Gasteiger partial charge on any atom is -0.0872 e. The minimum absolute atomic E-state index is 0.305. The van der Waals surface area contributed by atoms with E-state index in [0.717, 1.165) is 0 Å². The monoisotopic (exact) mass is 310 g/mol. The van der Waals surface area contributed by atoms with E-state index in [0.29, 0.717) is 5.66 Å². The molecule has 2 aromatic rings. The topological polar surface area (TPSA) is 0 Å². The maximum absolute atomic E-state index is 6.24. The van der Waals surface area contributed by atoms with Gasteiger partial charge in [0.1, 0.15) is 0 Å². The van der Waals surface area contributed by atoms with Crippen LogP contribution in [0.4, 0.5) is 0 Å². The van der Waals surface area contributed by atoms with Gasteiger partial charge in [0, 0.05) is 11.7 Å². The van der Waals surface area contributed by atoms with E-state index in [4.69, 9.17) is 11.8 Å². The van der Waals surface area contributed by atoms with Crippen molar-refractivity contribution in [1.29, 1.82) is 0 Å². The van der Waals surface area contributed by atoms with Crippen LogP contribution in [0.1, 0.15) is 25.1 Å². The average molecular weight is 310 g/mol. The first-order valence-corrected chi connectivity index (χ1v) is 10.1. The molecule has 0 radical (unpaired) electrons. The first-order valence-electron chi connectivity index (χ1n) is 7.19. The van der Waals surface area contributed by atoms with Crippen molar-refractivity contribution in [3.8, 4) is 0 Å². The highest BCUT2D eigenvalue weighted by Crippen LogP contribution is 2.63. The Balaban J connectivity index is 2.19. The van der Waals surface area contributed by atoms with Gasteiger partial charge in [-0.1, -0.05) is 84.1 Å². The highest BCUT2D eigenvalue weighted by molar-refractivity contribution is 8.20. The van der Waals surface area contributed by atoms with Gasteiger partial charge in [-0.25, -0.2) is 0 Å². The maximum atomic E-state index is 6.24. The van der Waals surface area contributed by atoms with Crippen LogP contribution >= 0.6 is 6.04 Å². The zero-order valence-corrected chi connectivity index (χ0v) is 14.1. The summed E-state index contributed by atoms with van der Waals surface area (Å²) in [6.45, 7) is 4.36. The number of benzene rings is 2. The van der Waals surface area contributed by atoms with Gasteiger partial charge in [0.2, 0.25) is 0 Å². The summed E-state index contributed by atoms with van der Waals surface area (Å²) in [5.41, 5.74) is 4.31. The molecule has 0 spiro atoms. The van der Waals surface area contributed by atoms with Crippen LogP contribution in [-0.4, -0.2) is 0 Å². The molecule has 0 saturated heterocycles. The lowest BCUT2D eigenvalue weighted by Gasteiger charge is -2.32. The molecule has 0 aromatic heterocycles. The van der Waals surface area contributed by atoms with E-state index in [-0.39, 0.29) is 0 Å². The summed E-state index contributed by atoms with van der Waals surface area (Å²) in [4.78, 5) is 0. The minimum atomic E-state index is -1.80. The molecule has 2 heteroatoms. The molecule has 0 bridgehead atoms. The van der Waals surface area contributed by atoms with Gasteiger partial charge < -0.3 is 0 Å². The summed E-state index contributed by atoms with van der Waals surface area (Å²) >= 11 is 6.24. The highest BCUT2D eigenvalue weighted by atomic mass is 32.4. The number of hydrogen-bond donors (Lipinski definition) is 0. The Kier molecular flexibility index (Phi) is 3.97. The van der Waals surface area contributed by atoms with Crippen LogP contribution in [-0.2, 0) is 11.8 Å². The molecule has 0 amide bonds. The van der Waals surface area contributed by atoms with Gasteiger partial charge in [0.05, 0.1) is 0 Å². The average Bonchev–Trinajstić information content (AvgIpc) is 2.53. The van der Waals surface area contributed by atoms with E-state index in [1.54, 1.807) is 0 Å². The molecule has 1 aliphatic rings. The summed E-state index contributed by atoms with van der Waals surface area (Å²) in [5, 5.41) is 1.30. The highest BCUT2D eigenvalue weighted by Gasteiger charge is 2.31. The molecule has 1 aliphatic heterocycles. The Morgan fingerprint density at radius 3 is 2.00 bits per heavy atom. The largest absolute Gasteiger partial charge is 0.0872 e. The molecule has 0 N–H and O–H groups in total. The second-order valence-corrected chi connectivity index (χ2v) is 10.1. The summed E-state index contributed by atoms with van der Waals surface area (Å²) in [6, 6.07) is 19.5. The van der Waals surface area contributed by atoms with E-state index < -0.39 is 6.04 Å². The molecule has 0 fully saturated rings. The van der Waals surface area contributed by atoms with Crippen molar-refractivity contribution in [3.63, 3.8) is 0 Å². The standard InChI is InChI=1S/C19H19PS/c1-15-13-19(17-9-5-3-6-10-17)20(21,14-16(15)2)18-11-7-4-8-12-18/h3-14,19H,1-2H3. The molecule has 21 heavy (non-hydrogen) atoms. The molecule has 106 valence electrons. The van der Waals surface area contributed by atoms with E-state index >= 15 is 0 Å². The number of hydrogen-bond acceptors (Lipinski definition) is 1. The van der Waals surface area contributed by atoms with Crippen molar-refractivity contribution in [1.82, 2.24) is 0 Å². The predicted molar refractivity (Wildman–Crippen MR) is 97.1 cm³/mol. The Hall–Kier alpha value is -1.43. The summed E-state index contributed by atoms with van der Waals surface area (Å²) in [5.74, 6) is 2.37. The third-order valence-electron chi connectivity index (χ3n) is 4.13. The second kappa shape index (κ2) is 5.75. The molecule has 0 aliphatic carbocycles. The molecule has 0 saturated carbocycles. The molecule has 2 unspecified atom stereocenters. The van der Waals surface area contributed by atoms with Crippen LogP contribution < -0.4 is 5.30 Å². The van der Waals surface area contributed by atoms with Crippen LogP contribution in [0.5, 0.6) is 0 Å². The Bertz CT molecular complexity index is 742. The maximum Gasteiger partial charge on any atom is 0.0388 e. The van der Waals surface area contributed by atoms with Crippen LogP contribution in [0.3, 0.4) is 0 Å². The van der Waals surface area contributed by atoms with Gasteiger partial charge in [-0.05, 0) is 36.1 Å². The molecular formula is C19H19PS. The molecule has 2 aromatic carbocycles. The van der Waals surface area contributed by atoms with Crippen molar-refractivity contribution in [3.05, 3.63) is 89.3 Å². The van der Waals surface area contributed by atoms with E-state index in [1.165, 1.54) is 22.0 Å². The van der Waals surface area contributed by atoms with E-state index in [1.807, 2.05) is 0 Å². The molecular weight excluding hydrogens is 291 g/mol. The molecule has 2 atom stereocenters. The smallest absolute Gasteiger partial charge is 0.0388 e. The zero-order valence-electron chi connectivity index (χ0n) is 12.4. The summed E-state index contributed by atoms with van der Waals surface area (Å²) in [6.07, 6.45) is 2.37. The van der Waals surface area contributed by atoms with E-state index in [2.05, 4.69) is 86.4 Å². The van der Waals surface area contributed by atoms with Crippen molar-refractivity contribution < 1.29 is 0 Å². The number of rotatable bonds is 2. The molecule has 3 rings (SSSR count). The fourth-order valence-electron chi connectivity index (χ4n) is 2.81. The third kappa shape index (κ3) is 2.69. The van der Waals surface area contributed by atoms with Crippen molar-refractivity contribution in [2.45, 2.75) is 19.5 Å². The Morgan fingerprint density at radius 2 is 1.38 bits per heavy atom. The first-order chi connectivity index (χ1) is 10.1. The fraction of sp³-hybridized carbons (Fsp3) is 0.158. The van der Waals surface area contributed by atoms with Gasteiger partial charge in [-0.15, -0.1) is 0 Å². The SMILES string of the molecule is CC1=CC(c2ccccc2)P(=S)(c2ccccc2)C=C1C. The zero-order chi connectivity index (χ0) is 14.9. The normalized spacial score (nSPS) is 25.1. The Labute approximate surface area is 132 Å². The predicted octanol–water partition coefficient (Wildman–Crippen LogP) is 5.40. The fourth-order valence-corrected chi connectivity index (χ4v) is 7.31. The van der Waals surface area contributed by atoms with Gasteiger partial charge in [0.15, 0.2) is 0 Å². The van der Waals surface area contributed by atoms with Gasteiger partial charge >= 0.3 is 0 Å². The first kappa shape index (κ1) is 14.5. The quantitative estimate of drug-likeness (QED) is 0.670. The summed E-state index contributed by atoms with van der Waals surface area (Å²) < 4.78 is 0. The Morgan fingerprint density at radius 1 is 0.810 bits per heavy atom. The lowest BCUT2D eigenvalue weighted by atomic mass is 10.1. The lowest BCUT2D eigenvalue weighted by molar-refractivity contribution is 1.15. The van der Waals surface area contributed by atoms with Crippen LogP contribution in [0.2, 0.25) is 0 Å². The number of allylic oxidation sites excluding steroid dienone is 3. The van der Waals surface area contributed by atoms with E-state index in [9.17, 15) is 0 Å².